The van der Waals surface area contributed by atoms with Crippen molar-refractivity contribution in [3.05, 3.63) is 0 Å². The summed E-state index contributed by atoms with van der Waals surface area (Å²) in [5, 5.41) is 0. The molecule has 0 heterocycles. The minimum Gasteiger partial charge on any atom is -0.466 e. The van der Waals surface area contributed by atoms with Gasteiger partial charge in [-0.15, -0.1) is 0 Å². The Morgan fingerprint density at radius 1 is 1.31 bits per heavy atom. The molecule has 0 unspecified atom stereocenters. The van der Waals surface area contributed by atoms with Gasteiger partial charge in [-0.05, 0) is 6.92 Å². The van der Waals surface area contributed by atoms with E-state index >= 15 is 0 Å². The van der Waals surface area contributed by atoms with Gasteiger partial charge in [0.15, 0.2) is 0 Å². The third-order valence-electron chi connectivity index (χ3n) is 1.70. The Hall–Kier alpha value is -0.610. The van der Waals surface area contributed by atoms with E-state index in [-0.39, 0.29) is 12.1 Å². The Kier molecular flexibility index (Phi) is 7.63. The lowest BCUT2D eigenvalue weighted by Gasteiger charge is -2.09. The fraction of sp³-hybridized carbons (Fsp3) is 0.889. The van der Waals surface area contributed by atoms with Crippen molar-refractivity contribution in [3.8, 4) is 0 Å². The molecular formula is C9H18O4. The first-order valence-electron chi connectivity index (χ1n) is 4.38. The summed E-state index contributed by atoms with van der Waals surface area (Å²) in [5.74, 6) is -0.217. The van der Waals surface area contributed by atoms with Crippen molar-refractivity contribution >= 4 is 5.97 Å². The highest BCUT2D eigenvalue weighted by Crippen LogP contribution is 1.96. The van der Waals surface area contributed by atoms with E-state index in [1.54, 1.807) is 14.2 Å². The van der Waals surface area contributed by atoms with Gasteiger partial charge in [0.25, 0.3) is 0 Å². The molecule has 4 nitrogen and oxygen atoms in total. The first kappa shape index (κ1) is 12.4. The number of carbonyl (C=O) groups is 1. The van der Waals surface area contributed by atoms with Crippen LogP contribution >= 0.6 is 0 Å². The maximum absolute atomic E-state index is 10.9. The van der Waals surface area contributed by atoms with Gasteiger partial charge in [0.1, 0.15) is 0 Å². The van der Waals surface area contributed by atoms with Crippen molar-refractivity contribution in [2.45, 2.75) is 25.9 Å². The van der Waals surface area contributed by atoms with Crippen molar-refractivity contribution in [3.63, 3.8) is 0 Å². The van der Waals surface area contributed by atoms with Crippen LogP contribution in [0.5, 0.6) is 0 Å². The fourth-order valence-corrected chi connectivity index (χ4v) is 0.714. The van der Waals surface area contributed by atoms with Crippen molar-refractivity contribution in [2.75, 3.05) is 27.4 Å². The third kappa shape index (κ3) is 7.74. The molecule has 0 amide bonds. The van der Waals surface area contributed by atoms with E-state index in [4.69, 9.17) is 14.2 Å². The van der Waals surface area contributed by atoms with E-state index in [9.17, 15) is 4.79 Å². The van der Waals surface area contributed by atoms with E-state index in [0.717, 1.165) is 6.42 Å². The Balaban J connectivity index is 3.26. The smallest absolute Gasteiger partial charge is 0.308 e. The van der Waals surface area contributed by atoms with Gasteiger partial charge in [0, 0.05) is 20.6 Å². The first-order chi connectivity index (χ1) is 6.20. The largest absolute Gasteiger partial charge is 0.466 e. The molecule has 0 saturated carbocycles. The van der Waals surface area contributed by atoms with E-state index in [1.165, 1.54) is 0 Å². The molecule has 0 aromatic rings. The number of rotatable bonds is 7. The second-order valence-electron chi connectivity index (χ2n) is 2.80. The molecule has 0 aliphatic carbocycles. The average Bonchev–Trinajstić information content (AvgIpc) is 2.14. The lowest BCUT2D eigenvalue weighted by molar-refractivity contribution is -0.145. The molecule has 0 spiro atoms. The molecule has 0 aliphatic heterocycles. The van der Waals surface area contributed by atoms with Gasteiger partial charge < -0.3 is 14.2 Å². The summed E-state index contributed by atoms with van der Waals surface area (Å²) >= 11 is 0. The molecular weight excluding hydrogens is 172 g/mol. The van der Waals surface area contributed by atoms with Crippen molar-refractivity contribution < 1.29 is 19.0 Å². The normalized spacial score (nSPS) is 12.5. The van der Waals surface area contributed by atoms with Gasteiger partial charge in [-0.1, -0.05) is 0 Å². The monoisotopic (exact) mass is 190 g/mol. The van der Waals surface area contributed by atoms with Crippen molar-refractivity contribution in [1.29, 1.82) is 0 Å². The highest BCUT2D eigenvalue weighted by atomic mass is 16.5. The first-order valence-corrected chi connectivity index (χ1v) is 4.38. The predicted octanol–water partition coefficient (Wildman–Crippen LogP) is 0.991. The molecule has 0 N–H and O–H groups in total. The second kappa shape index (κ2) is 8.01. The quantitative estimate of drug-likeness (QED) is 0.562. The van der Waals surface area contributed by atoms with Gasteiger partial charge in [-0.25, -0.2) is 0 Å². The standard InChI is InChI=1S/C9H18O4/c1-8(12-3)4-7-13-9(10)5-6-11-2/h8H,4-7H2,1-3H3/t8-/m1/s1. The second-order valence-corrected chi connectivity index (χ2v) is 2.80. The SMILES string of the molecule is COCCC(=O)OCC[C@@H](C)OC. The van der Waals surface area contributed by atoms with Gasteiger partial charge in [0.05, 0.1) is 25.7 Å². The predicted molar refractivity (Wildman–Crippen MR) is 48.5 cm³/mol. The molecule has 0 fully saturated rings. The van der Waals surface area contributed by atoms with Crippen LogP contribution in [0.2, 0.25) is 0 Å². The van der Waals surface area contributed by atoms with Gasteiger partial charge in [-0.3, -0.25) is 4.79 Å². The number of esters is 1. The number of methoxy groups -OCH3 is 2. The van der Waals surface area contributed by atoms with Gasteiger partial charge >= 0.3 is 5.97 Å². The number of carbonyl (C=O) groups excluding carboxylic acids is 1. The van der Waals surface area contributed by atoms with Crippen LogP contribution in [0.15, 0.2) is 0 Å². The zero-order valence-corrected chi connectivity index (χ0v) is 8.54. The molecule has 0 bridgehead atoms. The highest BCUT2D eigenvalue weighted by Gasteiger charge is 2.04. The molecule has 0 aromatic carbocycles. The van der Waals surface area contributed by atoms with E-state index in [1.807, 2.05) is 6.92 Å². The third-order valence-corrected chi connectivity index (χ3v) is 1.70. The summed E-state index contributed by atoms with van der Waals surface area (Å²) in [4.78, 5) is 10.9. The Labute approximate surface area is 79.2 Å². The fourth-order valence-electron chi connectivity index (χ4n) is 0.714. The molecule has 1 atom stereocenters. The van der Waals surface area contributed by atoms with Crippen molar-refractivity contribution in [1.82, 2.24) is 0 Å². The summed E-state index contributed by atoms with van der Waals surface area (Å²) in [6.07, 6.45) is 1.18. The van der Waals surface area contributed by atoms with Crippen LogP contribution in [0.1, 0.15) is 19.8 Å². The van der Waals surface area contributed by atoms with Crippen LogP contribution in [0, 0.1) is 0 Å². The molecule has 0 saturated heterocycles. The summed E-state index contributed by atoms with van der Waals surface area (Å²) in [6.45, 7) is 2.76. The lowest BCUT2D eigenvalue weighted by Crippen LogP contribution is -2.13. The minimum absolute atomic E-state index is 0.134. The van der Waals surface area contributed by atoms with E-state index in [2.05, 4.69) is 0 Å². The van der Waals surface area contributed by atoms with Crippen LogP contribution in [-0.4, -0.2) is 39.5 Å². The van der Waals surface area contributed by atoms with Crippen LogP contribution < -0.4 is 0 Å². The number of hydrogen-bond donors (Lipinski definition) is 0. The average molecular weight is 190 g/mol. The Bertz CT molecular complexity index is 136. The topological polar surface area (TPSA) is 44.8 Å². The molecule has 4 heteroatoms. The molecule has 0 radical (unpaired) electrons. The van der Waals surface area contributed by atoms with E-state index < -0.39 is 0 Å². The molecule has 0 rings (SSSR count). The van der Waals surface area contributed by atoms with Crippen molar-refractivity contribution in [2.24, 2.45) is 0 Å². The maximum Gasteiger partial charge on any atom is 0.308 e. The van der Waals surface area contributed by atoms with Crippen LogP contribution in [0.3, 0.4) is 0 Å². The summed E-state index contributed by atoms with van der Waals surface area (Å²) in [5.41, 5.74) is 0. The zero-order valence-electron chi connectivity index (χ0n) is 8.54. The molecule has 13 heavy (non-hydrogen) atoms. The lowest BCUT2D eigenvalue weighted by atomic mass is 10.3. The maximum atomic E-state index is 10.9. The number of hydrogen-bond acceptors (Lipinski definition) is 4. The van der Waals surface area contributed by atoms with Crippen LogP contribution in [0.4, 0.5) is 0 Å². The summed E-state index contributed by atoms with van der Waals surface area (Å²) in [7, 11) is 3.19. The van der Waals surface area contributed by atoms with E-state index in [0.29, 0.717) is 19.6 Å². The molecule has 78 valence electrons. The Morgan fingerprint density at radius 3 is 2.54 bits per heavy atom. The summed E-state index contributed by atoms with van der Waals surface area (Å²) in [6, 6.07) is 0. The van der Waals surface area contributed by atoms with Crippen LogP contribution in [-0.2, 0) is 19.0 Å². The van der Waals surface area contributed by atoms with Gasteiger partial charge in [-0.2, -0.15) is 0 Å². The Morgan fingerprint density at radius 2 is 2.00 bits per heavy atom. The minimum atomic E-state index is -0.217. The number of ether oxygens (including phenoxy) is 3. The molecule has 0 aliphatic rings. The summed E-state index contributed by atoms with van der Waals surface area (Å²) < 4.78 is 14.7. The zero-order chi connectivity index (χ0) is 10.1. The highest BCUT2D eigenvalue weighted by molar-refractivity contribution is 5.69. The van der Waals surface area contributed by atoms with Crippen LogP contribution in [0.25, 0.3) is 0 Å². The molecule has 0 aromatic heterocycles. The van der Waals surface area contributed by atoms with Gasteiger partial charge in [0.2, 0.25) is 0 Å².